The first-order valence-electron chi connectivity index (χ1n) is 15.2. The summed E-state index contributed by atoms with van der Waals surface area (Å²) >= 11 is 0. The lowest BCUT2D eigenvalue weighted by molar-refractivity contribution is 0.795. The van der Waals surface area contributed by atoms with Crippen molar-refractivity contribution in [1.29, 1.82) is 0 Å². The third-order valence-electron chi connectivity index (χ3n) is 8.64. The molecule has 0 spiro atoms. The number of fused-ring (bicyclic) bond motifs is 2. The molecule has 0 aliphatic carbocycles. The summed E-state index contributed by atoms with van der Waals surface area (Å²) in [6.07, 6.45) is 0. The molecule has 2 aromatic heterocycles. The minimum absolute atomic E-state index is 0.0450. The van der Waals surface area contributed by atoms with Gasteiger partial charge in [0, 0.05) is 30.8 Å². The number of rotatable bonds is 5. The fourth-order valence-electron chi connectivity index (χ4n) is 6.23. The highest BCUT2D eigenvalue weighted by Crippen LogP contribution is 2.36. The van der Waals surface area contributed by atoms with Crippen LogP contribution >= 0.6 is 0 Å². The van der Waals surface area contributed by atoms with Gasteiger partial charge in [0.05, 0.1) is 11.0 Å². The van der Waals surface area contributed by atoms with Crippen molar-refractivity contribution in [3.8, 4) is 56.4 Å². The summed E-state index contributed by atoms with van der Waals surface area (Å²) in [6, 6.07) is 47.5. The molecule has 220 valence electrons. The third-order valence-corrected chi connectivity index (χ3v) is 8.64. The molecule has 0 aliphatic heterocycles. The average molecular weight is 596 g/mol. The maximum absolute atomic E-state index is 12.5. The van der Waals surface area contributed by atoms with Crippen molar-refractivity contribution in [3.63, 3.8) is 0 Å². The van der Waals surface area contributed by atoms with Gasteiger partial charge in [-0.25, -0.2) is 19.7 Å². The zero-order valence-corrected chi connectivity index (χ0v) is 25.4. The molecule has 0 bridgehead atoms. The van der Waals surface area contributed by atoms with E-state index >= 15 is 0 Å². The van der Waals surface area contributed by atoms with Gasteiger partial charge in [-0.15, -0.1) is 0 Å². The quantitative estimate of drug-likeness (QED) is 0.200. The van der Waals surface area contributed by atoms with Gasteiger partial charge in [-0.1, -0.05) is 115 Å². The molecular formula is C40H29N5O. The molecule has 6 aromatic carbocycles. The van der Waals surface area contributed by atoms with Crippen LogP contribution in [-0.2, 0) is 14.1 Å². The number of aryl methyl sites for hydroxylation is 2. The van der Waals surface area contributed by atoms with Gasteiger partial charge in [0.25, 0.3) is 0 Å². The van der Waals surface area contributed by atoms with Crippen molar-refractivity contribution >= 4 is 21.8 Å². The normalized spacial score (nSPS) is 11.3. The summed E-state index contributed by atoms with van der Waals surface area (Å²) < 4.78 is 3.35. The van der Waals surface area contributed by atoms with Crippen molar-refractivity contribution in [2.75, 3.05) is 0 Å². The number of hydrogen-bond acceptors (Lipinski definition) is 4. The van der Waals surface area contributed by atoms with Crippen molar-refractivity contribution < 1.29 is 0 Å². The predicted octanol–water partition coefficient (Wildman–Crippen LogP) is 8.55. The second-order valence-electron chi connectivity index (χ2n) is 11.4. The number of benzene rings is 6. The number of hydrogen-bond donors (Lipinski definition) is 0. The minimum atomic E-state index is -0.0450. The number of aromatic nitrogens is 5. The van der Waals surface area contributed by atoms with E-state index < -0.39 is 0 Å². The van der Waals surface area contributed by atoms with E-state index in [1.54, 1.807) is 23.2 Å². The van der Waals surface area contributed by atoms with E-state index in [1.807, 2.05) is 54.6 Å². The Morgan fingerprint density at radius 1 is 0.413 bits per heavy atom. The molecule has 0 amide bonds. The molecule has 6 heteroatoms. The van der Waals surface area contributed by atoms with Crippen LogP contribution in [0, 0.1) is 0 Å². The van der Waals surface area contributed by atoms with Gasteiger partial charge >= 0.3 is 5.69 Å². The molecule has 0 fully saturated rings. The van der Waals surface area contributed by atoms with Crippen molar-refractivity contribution in [1.82, 2.24) is 24.1 Å². The molecule has 2 heterocycles. The van der Waals surface area contributed by atoms with Gasteiger partial charge in [-0.05, 0) is 57.3 Å². The Kier molecular flexibility index (Phi) is 6.61. The van der Waals surface area contributed by atoms with Crippen LogP contribution in [0.5, 0.6) is 0 Å². The fraction of sp³-hybridized carbons (Fsp3) is 0.0500. The lowest BCUT2D eigenvalue weighted by atomic mass is 9.94. The van der Waals surface area contributed by atoms with Gasteiger partial charge in [0.1, 0.15) is 0 Å². The van der Waals surface area contributed by atoms with Gasteiger partial charge in [0.15, 0.2) is 17.5 Å². The highest BCUT2D eigenvalue weighted by atomic mass is 16.1. The van der Waals surface area contributed by atoms with Crippen LogP contribution in [0.4, 0.5) is 0 Å². The Morgan fingerprint density at radius 2 is 0.935 bits per heavy atom. The predicted molar refractivity (Wildman–Crippen MR) is 186 cm³/mol. The molecule has 0 saturated heterocycles. The SMILES string of the molecule is Cn1c(=O)n(C)c2cc(-c3cccc(-c4nc(-c5ccccc5)nc(-c5ccc(-c6ccccc6)c6ccccc56)n4)c3)ccc21. The standard InChI is InChI=1S/C40H29N5O/c1-44-35-23-20-29(25-36(35)45(2)40(44)46)28-16-11-17-30(24-28)38-41-37(27-14-7-4-8-15-27)42-39(43-38)34-22-21-31(26-12-5-3-6-13-26)32-18-9-10-19-33(32)34/h3-25H,1-2H3. The minimum Gasteiger partial charge on any atom is -0.295 e. The second kappa shape index (κ2) is 11.1. The lowest BCUT2D eigenvalue weighted by Gasteiger charge is -2.13. The van der Waals surface area contributed by atoms with Gasteiger partial charge in [0.2, 0.25) is 0 Å². The van der Waals surface area contributed by atoms with Crippen LogP contribution in [0.25, 0.3) is 78.2 Å². The third kappa shape index (κ3) is 4.68. The second-order valence-corrected chi connectivity index (χ2v) is 11.4. The van der Waals surface area contributed by atoms with Gasteiger partial charge in [-0.2, -0.15) is 0 Å². The van der Waals surface area contributed by atoms with E-state index in [2.05, 4.69) is 84.9 Å². The Labute approximate surface area is 265 Å². The van der Waals surface area contributed by atoms with Crippen LogP contribution < -0.4 is 5.69 Å². The Bertz CT molecular complexity index is 2460. The Morgan fingerprint density at radius 3 is 1.67 bits per heavy atom. The first-order chi connectivity index (χ1) is 22.5. The largest absolute Gasteiger partial charge is 0.328 e. The molecule has 0 radical (unpaired) electrons. The lowest BCUT2D eigenvalue weighted by Crippen LogP contribution is -2.19. The Hall–Kier alpha value is -6.14. The first kappa shape index (κ1) is 27.4. The summed E-state index contributed by atoms with van der Waals surface area (Å²) in [5.74, 6) is 1.82. The first-order valence-corrected chi connectivity index (χ1v) is 15.2. The molecule has 0 saturated carbocycles. The van der Waals surface area contributed by atoms with Gasteiger partial charge < -0.3 is 0 Å². The highest BCUT2D eigenvalue weighted by Gasteiger charge is 2.17. The molecule has 0 aliphatic rings. The zero-order chi connectivity index (χ0) is 31.2. The molecule has 0 unspecified atom stereocenters. The fourth-order valence-corrected chi connectivity index (χ4v) is 6.23. The summed E-state index contributed by atoms with van der Waals surface area (Å²) in [4.78, 5) is 27.7. The smallest absolute Gasteiger partial charge is 0.295 e. The summed E-state index contributed by atoms with van der Waals surface area (Å²) in [5.41, 5.74) is 8.83. The zero-order valence-electron chi connectivity index (χ0n) is 25.4. The summed E-state index contributed by atoms with van der Waals surface area (Å²) in [7, 11) is 3.60. The van der Waals surface area contributed by atoms with Crippen molar-refractivity contribution in [3.05, 3.63) is 150 Å². The molecule has 0 atom stereocenters. The highest BCUT2D eigenvalue weighted by molar-refractivity contribution is 6.04. The topological polar surface area (TPSA) is 65.6 Å². The van der Waals surface area contributed by atoms with E-state index in [1.165, 1.54) is 0 Å². The Balaban J connectivity index is 1.30. The van der Waals surface area contributed by atoms with Crippen LogP contribution in [0.2, 0.25) is 0 Å². The molecule has 6 nitrogen and oxygen atoms in total. The van der Waals surface area contributed by atoms with Crippen LogP contribution in [-0.4, -0.2) is 24.1 Å². The molecule has 0 N–H and O–H groups in total. The van der Waals surface area contributed by atoms with Gasteiger partial charge in [-0.3, -0.25) is 9.13 Å². The van der Waals surface area contributed by atoms with E-state index in [0.717, 1.165) is 60.8 Å². The van der Waals surface area contributed by atoms with E-state index in [0.29, 0.717) is 17.5 Å². The van der Waals surface area contributed by atoms with Crippen LogP contribution in [0.1, 0.15) is 0 Å². The monoisotopic (exact) mass is 595 g/mol. The molecule has 8 aromatic rings. The van der Waals surface area contributed by atoms with Crippen LogP contribution in [0.3, 0.4) is 0 Å². The number of nitrogens with zero attached hydrogens (tertiary/aromatic N) is 5. The van der Waals surface area contributed by atoms with Crippen molar-refractivity contribution in [2.45, 2.75) is 0 Å². The van der Waals surface area contributed by atoms with E-state index in [9.17, 15) is 4.79 Å². The molecule has 8 rings (SSSR count). The van der Waals surface area contributed by atoms with Crippen molar-refractivity contribution in [2.24, 2.45) is 14.1 Å². The van der Waals surface area contributed by atoms with Crippen LogP contribution in [0.15, 0.2) is 144 Å². The van der Waals surface area contributed by atoms with E-state index in [-0.39, 0.29) is 5.69 Å². The summed E-state index contributed by atoms with van der Waals surface area (Å²) in [6.45, 7) is 0. The maximum atomic E-state index is 12.5. The average Bonchev–Trinajstić information content (AvgIpc) is 3.34. The molecular weight excluding hydrogens is 566 g/mol. The number of imidazole rings is 1. The summed E-state index contributed by atoms with van der Waals surface area (Å²) in [5, 5.41) is 2.22. The molecule has 46 heavy (non-hydrogen) atoms. The van der Waals surface area contributed by atoms with E-state index in [4.69, 9.17) is 15.0 Å². The maximum Gasteiger partial charge on any atom is 0.328 e.